The molecule has 0 saturated carbocycles. The van der Waals surface area contributed by atoms with Crippen molar-refractivity contribution in [3.63, 3.8) is 0 Å². The zero-order valence-electron chi connectivity index (χ0n) is 28.2. The van der Waals surface area contributed by atoms with Gasteiger partial charge in [-0.15, -0.1) is 6.58 Å². The lowest BCUT2D eigenvalue weighted by atomic mass is 9.76. The van der Waals surface area contributed by atoms with E-state index in [-0.39, 0.29) is 41.2 Å². The summed E-state index contributed by atoms with van der Waals surface area (Å²) in [4.78, 5) is 26.4. The Hall–Kier alpha value is -4.38. The topological polar surface area (TPSA) is 301 Å². The van der Waals surface area contributed by atoms with Gasteiger partial charge in [0.1, 0.15) is 76.7 Å². The fourth-order valence-corrected chi connectivity index (χ4v) is 6.74. The molecule has 13 atom stereocenters. The van der Waals surface area contributed by atoms with Gasteiger partial charge in [0.2, 0.25) is 18.9 Å². The molecule has 0 aromatic heterocycles. The lowest BCUT2D eigenvalue weighted by molar-refractivity contribution is -0.343. The second-order valence-corrected chi connectivity index (χ2v) is 13.1. The van der Waals surface area contributed by atoms with E-state index in [1.54, 1.807) is 0 Å². The number of phenols is 2. The first kappa shape index (κ1) is 39.3. The molecule has 0 aliphatic carbocycles. The SMILES string of the molecule is C=C[C@H]1[C@H](O[C@H]2O[C@@H](CO)[C@H](O)[C@@H](O)[C@@H]2OC(=O)c2c(O)cc(O[C@@H]3O[C@H](CO)[C@@H](O)[C@H](O)[C@H]3O)cc2-c2cccc(O)c2)OC=C2C(=O)OCC[C@]21O. The van der Waals surface area contributed by atoms with Crippen molar-refractivity contribution >= 4 is 11.9 Å². The number of esters is 2. The highest BCUT2D eigenvalue weighted by Crippen LogP contribution is 2.43. The maximum absolute atomic E-state index is 14.0. The predicted octanol–water partition coefficient (Wildman–Crippen LogP) is -2.36. The molecule has 2 aromatic rings. The second-order valence-electron chi connectivity index (χ2n) is 13.1. The number of rotatable bonds is 10. The molecule has 54 heavy (non-hydrogen) atoms. The standard InChI is InChI=1S/C35H40O19/c1-2-18-32(49-13-19-30(45)48-7-6-35(18,19)47)54-34-29(27(43)25(41)22(12-37)52-34)53-31(46)23-17(14-4-3-5-15(38)8-14)9-16(10-20(23)39)50-33-28(44)26(42)24(40)21(11-36)51-33/h2-5,8-10,13,18,21-22,24-29,32-34,36-44,47H,1,6-7,11-12H2/t18-,21+,22-,24+,25-,26-,27+,28+,29-,32-,33+,34+,35+/m0/s1. The molecule has 4 aliphatic rings. The van der Waals surface area contributed by atoms with Gasteiger partial charge in [-0.3, -0.25) is 0 Å². The average molecular weight is 765 g/mol. The summed E-state index contributed by atoms with van der Waals surface area (Å²) in [6, 6.07) is 7.47. The Balaban J connectivity index is 1.33. The zero-order valence-corrected chi connectivity index (χ0v) is 28.2. The van der Waals surface area contributed by atoms with E-state index in [0.29, 0.717) is 0 Å². The molecule has 19 heteroatoms. The van der Waals surface area contributed by atoms with Gasteiger partial charge >= 0.3 is 11.9 Å². The molecule has 3 fully saturated rings. The Morgan fingerprint density at radius 2 is 1.59 bits per heavy atom. The number of hydrogen-bond acceptors (Lipinski definition) is 19. The quantitative estimate of drug-likeness (QED) is 0.0894. The molecule has 0 bridgehead atoms. The van der Waals surface area contributed by atoms with Gasteiger partial charge in [0.15, 0.2) is 6.10 Å². The molecular weight excluding hydrogens is 724 g/mol. The number of aromatic hydroxyl groups is 2. The number of ether oxygens (including phenoxy) is 7. The highest BCUT2D eigenvalue weighted by molar-refractivity contribution is 6.00. The summed E-state index contributed by atoms with van der Waals surface area (Å²) in [5.74, 6) is -4.67. The lowest BCUT2D eigenvalue weighted by Crippen LogP contribution is -2.62. The summed E-state index contributed by atoms with van der Waals surface area (Å²) in [6.45, 7) is 1.99. The van der Waals surface area contributed by atoms with Crippen molar-refractivity contribution in [3.05, 3.63) is 66.5 Å². The number of benzene rings is 2. The number of carbonyl (C=O) groups excluding carboxylic acids is 2. The first-order valence-corrected chi connectivity index (χ1v) is 16.7. The highest BCUT2D eigenvalue weighted by atomic mass is 16.8. The third-order valence-corrected chi connectivity index (χ3v) is 9.71. The molecular formula is C35H40O19. The van der Waals surface area contributed by atoms with Crippen LogP contribution < -0.4 is 4.74 Å². The monoisotopic (exact) mass is 764 g/mol. The molecule has 0 amide bonds. The largest absolute Gasteiger partial charge is 0.508 e. The normalized spacial score (nSPS) is 36.5. The molecule has 4 aliphatic heterocycles. The molecule has 2 aromatic carbocycles. The van der Waals surface area contributed by atoms with Crippen molar-refractivity contribution in [2.24, 2.45) is 5.92 Å². The van der Waals surface area contributed by atoms with Crippen molar-refractivity contribution < 1.29 is 93.8 Å². The van der Waals surface area contributed by atoms with E-state index in [1.165, 1.54) is 36.4 Å². The van der Waals surface area contributed by atoms with Crippen LogP contribution in [-0.2, 0) is 33.2 Å². The van der Waals surface area contributed by atoms with E-state index in [2.05, 4.69) is 6.58 Å². The van der Waals surface area contributed by atoms with Crippen LogP contribution in [0.1, 0.15) is 16.8 Å². The number of aliphatic hydroxyl groups is 8. The number of hydrogen-bond donors (Lipinski definition) is 10. The molecule has 294 valence electrons. The van der Waals surface area contributed by atoms with Crippen molar-refractivity contribution in [2.45, 2.75) is 79.7 Å². The van der Waals surface area contributed by atoms with Crippen LogP contribution in [0, 0.1) is 5.92 Å². The molecule has 4 heterocycles. The van der Waals surface area contributed by atoms with E-state index >= 15 is 0 Å². The highest BCUT2D eigenvalue weighted by Gasteiger charge is 2.55. The molecule has 10 N–H and O–H groups in total. The molecule has 0 spiro atoms. The number of aliphatic hydroxyl groups excluding tert-OH is 7. The van der Waals surface area contributed by atoms with Crippen LogP contribution in [-0.4, -0.2) is 156 Å². The summed E-state index contributed by atoms with van der Waals surface area (Å²) in [5.41, 5.74) is -2.69. The zero-order chi connectivity index (χ0) is 39.1. The van der Waals surface area contributed by atoms with Gasteiger partial charge in [0.25, 0.3) is 0 Å². The average Bonchev–Trinajstić information content (AvgIpc) is 3.14. The van der Waals surface area contributed by atoms with Crippen LogP contribution in [0.15, 0.2) is 60.9 Å². The van der Waals surface area contributed by atoms with Crippen LogP contribution in [0.25, 0.3) is 11.1 Å². The van der Waals surface area contributed by atoms with Crippen molar-refractivity contribution in [1.82, 2.24) is 0 Å². The number of carbonyl (C=O) groups is 2. The summed E-state index contributed by atoms with van der Waals surface area (Å²) in [7, 11) is 0. The number of phenolic OH excluding ortho intramolecular Hbond substituents is 2. The van der Waals surface area contributed by atoms with Crippen LogP contribution in [0.4, 0.5) is 0 Å². The van der Waals surface area contributed by atoms with Crippen LogP contribution in [0.5, 0.6) is 17.2 Å². The van der Waals surface area contributed by atoms with Crippen molar-refractivity contribution in [1.29, 1.82) is 0 Å². The third kappa shape index (κ3) is 7.23. The smallest absolute Gasteiger partial charge is 0.343 e. The Bertz CT molecular complexity index is 1750. The number of cyclic esters (lactones) is 1. The van der Waals surface area contributed by atoms with E-state index in [9.17, 15) is 60.7 Å². The Morgan fingerprint density at radius 3 is 2.26 bits per heavy atom. The fourth-order valence-electron chi connectivity index (χ4n) is 6.74. The van der Waals surface area contributed by atoms with Crippen molar-refractivity contribution in [3.8, 4) is 28.4 Å². The number of fused-ring (bicyclic) bond motifs is 1. The predicted molar refractivity (Wildman–Crippen MR) is 175 cm³/mol. The minimum atomic E-state index is -1.99. The van der Waals surface area contributed by atoms with Crippen molar-refractivity contribution in [2.75, 3.05) is 19.8 Å². The van der Waals surface area contributed by atoms with Gasteiger partial charge < -0.3 is 84.2 Å². The maximum atomic E-state index is 14.0. The minimum absolute atomic E-state index is 0.0673. The molecule has 6 rings (SSSR count). The minimum Gasteiger partial charge on any atom is -0.508 e. The van der Waals surface area contributed by atoms with Gasteiger partial charge in [-0.2, -0.15) is 0 Å². The Labute approximate surface area is 306 Å². The summed E-state index contributed by atoms with van der Waals surface area (Å²) >= 11 is 0. The summed E-state index contributed by atoms with van der Waals surface area (Å²) < 4.78 is 38.9. The van der Waals surface area contributed by atoms with E-state index < -0.39 is 116 Å². The summed E-state index contributed by atoms with van der Waals surface area (Å²) in [6.07, 6.45) is -16.8. The first-order chi connectivity index (χ1) is 25.7. The van der Waals surface area contributed by atoms with E-state index in [0.717, 1.165) is 12.3 Å². The molecule has 0 radical (unpaired) electrons. The van der Waals surface area contributed by atoms with Gasteiger partial charge in [0.05, 0.1) is 32.0 Å². The lowest BCUT2D eigenvalue weighted by Gasteiger charge is -2.47. The van der Waals surface area contributed by atoms with Crippen LogP contribution >= 0.6 is 0 Å². The van der Waals surface area contributed by atoms with E-state index in [4.69, 9.17) is 33.2 Å². The first-order valence-electron chi connectivity index (χ1n) is 16.7. The molecule has 19 nitrogen and oxygen atoms in total. The maximum Gasteiger partial charge on any atom is 0.343 e. The van der Waals surface area contributed by atoms with Crippen LogP contribution in [0.3, 0.4) is 0 Å². The fraction of sp³-hybridized carbons (Fsp3) is 0.486. The summed E-state index contributed by atoms with van der Waals surface area (Å²) in [5, 5.41) is 105. The van der Waals surface area contributed by atoms with Gasteiger partial charge in [-0.05, 0) is 23.8 Å². The van der Waals surface area contributed by atoms with Gasteiger partial charge in [-0.25, -0.2) is 9.59 Å². The van der Waals surface area contributed by atoms with E-state index in [1.807, 2.05) is 0 Å². The Kier molecular flexibility index (Phi) is 11.5. The molecule has 3 saturated heterocycles. The van der Waals surface area contributed by atoms with Gasteiger partial charge in [-0.1, -0.05) is 18.2 Å². The second kappa shape index (κ2) is 15.8. The Morgan fingerprint density at radius 1 is 0.907 bits per heavy atom. The third-order valence-electron chi connectivity index (χ3n) is 9.71. The molecule has 0 unspecified atom stereocenters. The van der Waals surface area contributed by atoms with Gasteiger partial charge in [0, 0.05) is 18.1 Å². The van der Waals surface area contributed by atoms with Crippen LogP contribution in [0.2, 0.25) is 0 Å².